The minimum atomic E-state index is -0.00798. The van der Waals surface area contributed by atoms with Gasteiger partial charge in [0.1, 0.15) is 5.82 Å². The summed E-state index contributed by atoms with van der Waals surface area (Å²) in [5.74, 6) is 1.58. The largest absolute Gasteiger partial charge is 0.493 e. The molecule has 2 aromatic rings. The van der Waals surface area contributed by atoms with E-state index in [0.717, 1.165) is 0 Å². The third-order valence-electron chi connectivity index (χ3n) is 2.51. The first-order chi connectivity index (χ1) is 9.02. The molecule has 3 N–H and O–H groups in total. The van der Waals surface area contributed by atoms with Gasteiger partial charge in [-0.1, -0.05) is 11.6 Å². The summed E-state index contributed by atoms with van der Waals surface area (Å²) < 4.78 is 11.1. The standard InChI is InChI=1S/C13H16ClN3O2/c1-7(2)19-13-10(18-3)5-4-8(14)12(13)9-6-11(15)17-16-9/h4-7H,1-3H3,(H3,15,16,17). The van der Waals surface area contributed by atoms with Crippen molar-refractivity contribution < 1.29 is 9.47 Å². The number of nitrogen functional groups attached to an aromatic ring is 1. The summed E-state index contributed by atoms with van der Waals surface area (Å²) in [4.78, 5) is 0. The van der Waals surface area contributed by atoms with Crippen molar-refractivity contribution in [3.63, 3.8) is 0 Å². The van der Waals surface area contributed by atoms with E-state index < -0.39 is 0 Å². The Balaban J connectivity index is 2.62. The summed E-state index contributed by atoms with van der Waals surface area (Å²) in [6.45, 7) is 3.87. The van der Waals surface area contributed by atoms with E-state index in [9.17, 15) is 0 Å². The number of aromatic amines is 1. The molecule has 6 heteroatoms. The summed E-state index contributed by atoms with van der Waals surface area (Å²) >= 11 is 6.26. The lowest BCUT2D eigenvalue weighted by molar-refractivity contribution is 0.231. The van der Waals surface area contributed by atoms with Gasteiger partial charge in [-0.25, -0.2) is 0 Å². The number of halogens is 1. The molecular formula is C13H16ClN3O2. The topological polar surface area (TPSA) is 73.2 Å². The normalized spacial score (nSPS) is 10.8. The number of ether oxygens (including phenoxy) is 2. The molecule has 0 unspecified atom stereocenters. The van der Waals surface area contributed by atoms with Crippen molar-refractivity contribution in [2.24, 2.45) is 0 Å². The highest BCUT2D eigenvalue weighted by atomic mass is 35.5. The fourth-order valence-electron chi connectivity index (χ4n) is 1.77. The van der Waals surface area contributed by atoms with E-state index in [-0.39, 0.29) is 6.10 Å². The van der Waals surface area contributed by atoms with Crippen LogP contribution in [0.2, 0.25) is 5.02 Å². The van der Waals surface area contributed by atoms with Gasteiger partial charge in [0.25, 0.3) is 0 Å². The summed E-state index contributed by atoms with van der Waals surface area (Å²) in [7, 11) is 1.58. The Morgan fingerprint density at radius 1 is 1.37 bits per heavy atom. The van der Waals surface area contributed by atoms with E-state index >= 15 is 0 Å². The molecule has 0 aliphatic carbocycles. The van der Waals surface area contributed by atoms with Gasteiger partial charge in [-0.3, -0.25) is 5.10 Å². The summed E-state index contributed by atoms with van der Waals surface area (Å²) in [5.41, 5.74) is 7.02. The van der Waals surface area contributed by atoms with Crippen molar-refractivity contribution in [3.8, 4) is 22.8 Å². The molecule has 0 amide bonds. The SMILES string of the molecule is COc1ccc(Cl)c(-c2cc(N)n[nH]2)c1OC(C)C. The molecule has 0 fully saturated rings. The molecule has 0 radical (unpaired) electrons. The molecule has 19 heavy (non-hydrogen) atoms. The maximum atomic E-state index is 6.26. The highest BCUT2D eigenvalue weighted by Crippen LogP contribution is 2.43. The highest BCUT2D eigenvalue weighted by Gasteiger charge is 2.19. The number of nitrogens with zero attached hydrogens (tertiary/aromatic N) is 1. The molecule has 1 heterocycles. The maximum absolute atomic E-state index is 6.26. The first-order valence-corrected chi connectivity index (χ1v) is 6.25. The molecule has 1 aromatic heterocycles. The fraction of sp³-hybridized carbons (Fsp3) is 0.308. The van der Waals surface area contributed by atoms with Crippen LogP contribution in [0.3, 0.4) is 0 Å². The zero-order valence-corrected chi connectivity index (χ0v) is 11.8. The Labute approximate surface area is 116 Å². The number of nitrogens with two attached hydrogens (primary N) is 1. The van der Waals surface area contributed by atoms with Crippen LogP contribution >= 0.6 is 11.6 Å². The van der Waals surface area contributed by atoms with Gasteiger partial charge in [-0.2, -0.15) is 5.10 Å². The van der Waals surface area contributed by atoms with Crippen LogP contribution in [0.4, 0.5) is 5.82 Å². The molecule has 0 saturated carbocycles. The summed E-state index contributed by atoms with van der Waals surface area (Å²) in [5, 5.41) is 7.28. The minimum Gasteiger partial charge on any atom is -0.493 e. The van der Waals surface area contributed by atoms with E-state index in [2.05, 4.69) is 10.2 Å². The predicted octanol–water partition coefficient (Wildman–Crippen LogP) is 3.11. The first kappa shape index (κ1) is 13.5. The number of benzene rings is 1. The molecule has 0 saturated heterocycles. The van der Waals surface area contributed by atoms with Crippen molar-refractivity contribution in [2.45, 2.75) is 20.0 Å². The Bertz CT molecular complexity index is 581. The number of hydrogen-bond acceptors (Lipinski definition) is 4. The van der Waals surface area contributed by atoms with Crippen LogP contribution in [-0.4, -0.2) is 23.4 Å². The van der Waals surface area contributed by atoms with Gasteiger partial charge in [-0.15, -0.1) is 0 Å². The highest BCUT2D eigenvalue weighted by molar-refractivity contribution is 6.33. The molecule has 0 atom stereocenters. The number of nitrogens with one attached hydrogen (secondary N) is 1. The van der Waals surface area contributed by atoms with Gasteiger partial charge in [0.15, 0.2) is 11.5 Å². The van der Waals surface area contributed by atoms with E-state index in [4.69, 9.17) is 26.8 Å². The van der Waals surface area contributed by atoms with Gasteiger partial charge in [0.2, 0.25) is 0 Å². The van der Waals surface area contributed by atoms with Crippen molar-refractivity contribution in [1.82, 2.24) is 10.2 Å². The van der Waals surface area contributed by atoms with Gasteiger partial charge in [0.05, 0.1) is 29.5 Å². The average Bonchev–Trinajstić information content (AvgIpc) is 2.75. The summed E-state index contributed by atoms with van der Waals surface area (Å²) in [6.07, 6.45) is -0.00798. The Hall–Kier alpha value is -1.88. The van der Waals surface area contributed by atoms with E-state index in [1.54, 1.807) is 25.3 Å². The van der Waals surface area contributed by atoms with Crippen LogP contribution in [0.5, 0.6) is 11.5 Å². The van der Waals surface area contributed by atoms with Crippen LogP contribution < -0.4 is 15.2 Å². The van der Waals surface area contributed by atoms with Crippen molar-refractivity contribution in [2.75, 3.05) is 12.8 Å². The second-order valence-electron chi connectivity index (χ2n) is 4.33. The third kappa shape index (κ3) is 2.76. The number of aromatic nitrogens is 2. The van der Waals surface area contributed by atoms with Crippen LogP contribution in [-0.2, 0) is 0 Å². The number of H-pyrrole nitrogens is 1. The zero-order valence-electron chi connectivity index (χ0n) is 11.0. The van der Waals surface area contributed by atoms with Gasteiger partial charge in [-0.05, 0) is 26.0 Å². The zero-order chi connectivity index (χ0) is 14.0. The maximum Gasteiger partial charge on any atom is 0.172 e. The van der Waals surface area contributed by atoms with E-state index in [0.29, 0.717) is 33.6 Å². The number of anilines is 1. The van der Waals surface area contributed by atoms with Crippen LogP contribution in [0, 0.1) is 0 Å². The molecule has 102 valence electrons. The molecule has 2 rings (SSSR count). The fourth-order valence-corrected chi connectivity index (χ4v) is 2.02. The quantitative estimate of drug-likeness (QED) is 0.903. The number of hydrogen-bond donors (Lipinski definition) is 2. The molecular weight excluding hydrogens is 266 g/mol. The van der Waals surface area contributed by atoms with E-state index in [1.165, 1.54) is 0 Å². The molecule has 0 aliphatic heterocycles. The Morgan fingerprint density at radius 3 is 2.63 bits per heavy atom. The lowest BCUT2D eigenvalue weighted by Gasteiger charge is -2.17. The monoisotopic (exact) mass is 281 g/mol. The van der Waals surface area contributed by atoms with Gasteiger partial charge >= 0.3 is 0 Å². The molecule has 5 nitrogen and oxygen atoms in total. The number of methoxy groups -OCH3 is 1. The predicted molar refractivity (Wildman–Crippen MR) is 75.8 cm³/mol. The van der Waals surface area contributed by atoms with Crippen molar-refractivity contribution in [1.29, 1.82) is 0 Å². The van der Waals surface area contributed by atoms with Crippen LogP contribution in [0.15, 0.2) is 18.2 Å². The van der Waals surface area contributed by atoms with Crippen molar-refractivity contribution in [3.05, 3.63) is 23.2 Å². The van der Waals surface area contributed by atoms with Crippen molar-refractivity contribution >= 4 is 17.4 Å². The lowest BCUT2D eigenvalue weighted by Crippen LogP contribution is -2.08. The van der Waals surface area contributed by atoms with Gasteiger partial charge in [0, 0.05) is 6.07 Å². The van der Waals surface area contributed by atoms with E-state index in [1.807, 2.05) is 13.8 Å². The molecule has 0 spiro atoms. The number of rotatable bonds is 4. The summed E-state index contributed by atoms with van der Waals surface area (Å²) in [6, 6.07) is 5.22. The minimum absolute atomic E-state index is 0.00798. The average molecular weight is 282 g/mol. The first-order valence-electron chi connectivity index (χ1n) is 5.87. The Morgan fingerprint density at radius 2 is 2.11 bits per heavy atom. The third-order valence-corrected chi connectivity index (χ3v) is 2.83. The van der Waals surface area contributed by atoms with Crippen LogP contribution in [0.25, 0.3) is 11.3 Å². The molecule has 0 aliphatic rings. The second kappa shape index (κ2) is 5.40. The van der Waals surface area contributed by atoms with Gasteiger partial charge < -0.3 is 15.2 Å². The molecule has 1 aromatic carbocycles. The lowest BCUT2D eigenvalue weighted by atomic mass is 10.1. The smallest absolute Gasteiger partial charge is 0.172 e. The van der Waals surface area contributed by atoms with Crippen LogP contribution in [0.1, 0.15) is 13.8 Å². The second-order valence-corrected chi connectivity index (χ2v) is 4.73. The Kier molecular flexibility index (Phi) is 3.85. The molecule has 0 bridgehead atoms.